The van der Waals surface area contributed by atoms with Gasteiger partial charge in [0.05, 0.1) is 15.7 Å². The highest BCUT2D eigenvalue weighted by atomic mass is 79.9. The first kappa shape index (κ1) is 15.5. The summed E-state index contributed by atoms with van der Waals surface area (Å²) in [5.74, 6) is 0. The molecule has 0 bridgehead atoms. The van der Waals surface area contributed by atoms with Gasteiger partial charge in [0, 0.05) is 12.2 Å². The Kier molecular flexibility index (Phi) is 5.69. The van der Waals surface area contributed by atoms with Gasteiger partial charge in [-0.25, -0.2) is 13.9 Å². The highest BCUT2D eigenvalue weighted by Crippen LogP contribution is 2.22. The van der Waals surface area contributed by atoms with Gasteiger partial charge in [-0.2, -0.15) is 0 Å². The summed E-state index contributed by atoms with van der Waals surface area (Å²) >= 11 is 3.35. The molecule has 0 saturated carbocycles. The Bertz CT molecular complexity index is 443. The molecule has 0 aliphatic carbocycles. The van der Waals surface area contributed by atoms with E-state index in [0.717, 1.165) is 16.6 Å². The smallest absolute Gasteiger partial charge is 0.106 e. The third-order valence-corrected chi connectivity index (χ3v) is 4.41. The van der Waals surface area contributed by atoms with Gasteiger partial charge in [0.1, 0.15) is 4.60 Å². The molecule has 18 heavy (non-hydrogen) atoms. The molecule has 0 radical (unpaired) electrons. The predicted molar refractivity (Wildman–Crippen MR) is 80.5 cm³/mol. The van der Waals surface area contributed by atoms with Crippen LogP contribution in [0, 0.1) is 0 Å². The highest BCUT2D eigenvalue weighted by Gasteiger charge is 2.23. The van der Waals surface area contributed by atoms with Crippen LogP contribution in [-0.2, 0) is 11.0 Å². The van der Waals surface area contributed by atoms with Crippen molar-refractivity contribution in [1.29, 1.82) is 0 Å². The maximum absolute atomic E-state index is 12.1. The molecule has 1 rings (SSSR count). The molecule has 0 spiro atoms. The third-order valence-electron chi connectivity index (χ3n) is 2.36. The fourth-order valence-electron chi connectivity index (χ4n) is 1.36. The lowest BCUT2D eigenvalue weighted by molar-refractivity contribution is 0.601. The van der Waals surface area contributed by atoms with E-state index in [0.29, 0.717) is 0 Å². The van der Waals surface area contributed by atoms with Crippen molar-refractivity contribution in [3.8, 4) is 0 Å². The molecule has 0 aliphatic rings. The summed E-state index contributed by atoms with van der Waals surface area (Å²) in [5, 5.41) is 0. The largest absolute Gasteiger partial charge is 0.249 e. The van der Waals surface area contributed by atoms with E-state index in [9.17, 15) is 4.21 Å². The first-order valence-corrected chi connectivity index (χ1v) is 7.69. The van der Waals surface area contributed by atoms with Gasteiger partial charge in [-0.3, -0.25) is 0 Å². The Morgan fingerprint density at radius 2 is 2.28 bits per heavy atom. The molecule has 1 unspecified atom stereocenters. The molecule has 1 aromatic heterocycles. The number of rotatable bonds is 5. The standard InChI is InChI=1S/C13H19BrN2OS/c1-5-6-11(16-18(17)13(2,3)4)10-7-8-15-12(14)9-10/h5,7-9,11,16H,1,6H2,2-4H3/t11?,18-/m0/s1. The second kappa shape index (κ2) is 6.59. The average molecular weight is 331 g/mol. The number of nitrogens with zero attached hydrogens (tertiary/aromatic N) is 1. The summed E-state index contributed by atoms with van der Waals surface area (Å²) < 4.78 is 15.8. The van der Waals surface area contributed by atoms with E-state index in [4.69, 9.17) is 0 Å². The van der Waals surface area contributed by atoms with Crippen LogP contribution in [0.2, 0.25) is 0 Å². The van der Waals surface area contributed by atoms with Crippen LogP contribution >= 0.6 is 15.9 Å². The number of nitrogens with one attached hydrogen (secondary N) is 1. The molecular formula is C13H19BrN2OS. The summed E-state index contributed by atoms with van der Waals surface area (Å²) in [6.07, 6.45) is 4.28. The van der Waals surface area contributed by atoms with Crippen LogP contribution in [-0.4, -0.2) is 13.9 Å². The molecule has 0 aliphatic heterocycles. The minimum absolute atomic E-state index is 0.0122. The SMILES string of the molecule is C=CCC(N[S@@](=O)C(C)(C)C)c1ccnc(Br)c1. The van der Waals surface area contributed by atoms with Crippen molar-refractivity contribution in [2.24, 2.45) is 0 Å². The van der Waals surface area contributed by atoms with E-state index in [1.165, 1.54) is 0 Å². The zero-order chi connectivity index (χ0) is 13.8. The zero-order valence-corrected chi connectivity index (χ0v) is 13.3. The summed E-state index contributed by atoms with van der Waals surface area (Å²) in [6.45, 7) is 9.60. The Morgan fingerprint density at radius 1 is 1.61 bits per heavy atom. The monoisotopic (exact) mass is 330 g/mol. The van der Waals surface area contributed by atoms with Crippen LogP contribution in [0.4, 0.5) is 0 Å². The number of aromatic nitrogens is 1. The van der Waals surface area contributed by atoms with Crippen LogP contribution < -0.4 is 4.72 Å². The Morgan fingerprint density at radius 3 is 2.78 bits per heavy atom. The van der Waals surface area contributed by atoms with E-state index >= 15 is 0 Å². The number of pyridine rings is 1. The third kappa shape index (κ3) is 4.63. The van der Waals surface area contributed by atoms with Gasteiger partial charge in [0.2, 0.25) is 0 Å². The Labute approximate surface area is 120 Å². The minimum atomic E-state index is -1.11. The van der Waals surface area contributed by atoms with Crippen LogP contribution in [0.3, 0.4) is 0 Å². The molecule has 1 heterocycles. The fraction of sp³-hybridized carbons (Fsp3) is 0.462. The van der Waals surface area contributed by atoms with Gasteiger partial charge in [0.25, 0.3) is 0 Å². The van der Waals surface area contributed by atoms with Crippen molar-refractivity contribution in [2.75, 3.05) is 0 Å². The molecule has 2 atom stereocenters. The van der Waals surface area contributed by atoms with Gasteiger partial charge >= 0.3 is 0 Å². The maximum Gasteiger partial charge on any atom is 0.106 e. The number of hydrogen-bond donors (Lipinski definition) is 1. The van der Waals surface area contributed by atoms with E-state index in [-0.39, 0.29) is 10.8 Å². The van der Waals surface area contributed by atoms with Crippen molar-refractivity contribution in [3.05, 3.63) is 41.2 Å². The van der Waals surface area contributed by atoms with Crippen LogP contribution in [0.15, 0.2) is 35.6 Å². The fourth-order valence-corrected chi connectivity index (χ4v) is 2.59. The van der Waals surface area contributed by atoms with E-state index in [2.05, 4.69) is 32.2 Å². The predicted octanol–water partition coefficient (Wildman–Crippen LogP) is 3.51. The molecule has 0 saturated heterocycles. The van der Waals surface area contributed by atoms with Gasteiger partial charge in [-0.05, 0) is 60.8 Å². The van der Waals surface area contributed by atoms with Gasteiger partial charge in [-0.1, -0.05) is 6.08 Å². The van der Waals surface area contributed by atoms with Crippen molar-refractivity contribution in [1.82, 2.24) is 9.71 Å². The highest BCUT2D eigenvalue weighted by molar-refractivity contribution is 9.10. The van der Waals surface area contributed by atoms with Crippen molar-refractivity contribution in [2.45, 2.75) is 38.0 Å². The van der Waals surface area contributed by atoms with Crippen LogP contribution in [0.1, 0.15) is 38.8 Å². The maximum atomic E-state index is 12.1. The average Bonchev–Trinajstić information content (AvgIpc) is 2.27. The molecule has 1 aromatic rings. The van der Waals surface area contributed by atoms with E-state index < -0.39 is 11.0 Å². The lowest BCUT2D eigenvalue weighted by Crippen LogP contribution is -2.35. The topological polar surface area (TPSA) is 42.0 Å². The molecule has 100 valence electrons. The Balaban J connectivity index is 2.90. The lowest BCUT2D eigenvalue weighted by atomic mass is 10.1. The number of hydrogen-bond acceptors (Lipinski definition) is 2. The summed E-state index contributed by atoms with van der Waals surface area (Å²) in [6, 6.07) is 3.84. The molecule has 5 heteroatoms. The van der Waals surface area contributed by atoms with E-state index in [1.54, 1.807) is 6.20 Å². The molecule has 1 N–H and O–H groups in total. The molecule has 0 amide bonds. The van der Waals surface area contributed by atoms with Crippen LogP contribution in [0.25, 0.3) is 0 Å². The minimum Gasteiger partial charge on any atom is -0.249 e. The van der Waals surface area contributed by atoms with E-state index in [1.807, 2.05) is 39.0 Å². The van der Waals surface area contributed by atoms with Crippen LogP contribution in [0.5, 0.6) is 0 Å². The summed E-state index contributed by atoms with van der Waals surface area (Å²) in [4.78, 5) is 4.10. The second-order valence-electron chi connectivity index (χ2n) is 4.99. The summed E-state index contributed by atoms with van der Waals surface area (Å²) in [5.41, 5.74) is 1.05. The second-order valence-corrected chi connectivity index (χ2v) is 7.80. The normalized spacial score (nSPS) is 15.1. The van der Waals surface area contributed by atoms with Crippen molar-refractivity contribution >= 4 is 26.9 Å². The first-order valence-electron chi connectivity index (χ1n) is 5.75. The Hall–Kier alpha value is -0.520. The van der Waals surface area contributed by atoms with Gasteiger partial charge in [0.15, 0.2) is 0 Å². The van der Waals surface area contributed by atoms with Crippen molar-refractivity contribution in [3.63, 3.8) is 0 Å². The number of halogens is 1. The van der Waals surface area contributed by atoms with Gasteiger partial charge in [-0.15, -0.1) is 6.58 Å². The first-order chi connectivity index (χ1) is 8.34. The molecular weight excluding hydrogens is 312 g/mol. The lowest BCUT2D eigenvalue weighted by Gasteiger charge is -2.24. The molecule has 0 aromatic carbocycles. The summed E-state index contributed by atoms with van der Waals surface area (Å²) in [7, 11) is -1.11. The zero-order valence-electron chi connectivity index (χ0n) is 10.9. The quantitative estimate of drug-likeness (QED) is 0.663. The molecule has 3 nitrogen and oxygen atoms in total. The van der Waals surface area contributed by atoms with Gasteiger partial charge < -0.3 is 0 Å². The molecule has 0 fully saturated rings. The van der Waals surface area contributed by atoms with Crippen molar-refractivity contribution < 1.29 is 4.21 Å².